The third-order valence-corrected chi connectivity index (χ3v) is 2.66. The van der Waals surface area contributed by atoms with Crippen LogP contribution in [0, 0.1) is 0 Å². The molecule has 0 bridgehead atoms. The Labute approximate surface area is 120 Å². The number of carbonyl (C=O) groups excluding carboxylic acids is 2. The summed E-state index contributed by atoms with van der Waals surface area (Å²) in [6.07, 6.45) is -0.515. The van der Waals surface area contributed by atoms with E-state index in [1.54, 1.807) is 6.07 Å². The summed E-state index contributed by atoms with van der Waals surface area (Å²) in [5.41, 5.74) is 4.99. The van der Waals surface area contributed by atoms with Gasteiger partial charge in [-0.3, -0.25) is 9.59 Å². The van der Waals surface area contributed by atoms with Gasteiger partial charge in [-0.25, -0.2) is 4.79 Å². The summed E-state index contributed by atoms with van der Waals surface area (Å²) in [6.45, 7) is 0. The number of hydrogen-bond acceptors (Lipinski definition) is 5. The van der Waals surface area contributed by atoms with E-state index >= 15 is 0 Å². The SMILES string of the molecule is COc1cccc(OC)c1C(=O)N[C@H](CC(N)=O)C(=O)O. The highest BCUT2D eigenvalue weighted by atomic mass is 16.5. The highest BCUT2D eigenvalue weighted by Gasteiger charge is 2.26. The van der Waals surface area contributed by atoms with E-state index in [-0.39, 0.29) is 17.1 Å². The Morgan fingerprint density at radius 2 is 1.76 bits per heavy atom. The number of aliphatic carboxylic acids is 1. The highest BCUT2D eigenvalue weighted by Crippen LogP contribution is 2.28. The van der Waals surface area contributed by atoms with Gasteiger partial charge in [-0.05, 0) is 12.1 Å². The number of carboxylic acids is 1. The molecule has 0 unspecified atom stereocenters. The average Bonchev–Trinajstić information content (AvgIpc) is 2.44. The molecule has 2 amide bonds. The standard InChI is InChI=1S/C13H16N2O6/c1-20-8-4-3-5-9(21-2)11(8)12(17)15-7(13(18)19)6-10(14)16/h3-5,7H,6H2,1-2H3,(H2,14,16)(H,15,17)(H,18,19)/t7-/m1/s1. The minimum absolute atomic E-state index is 0.0400. The Kier molecular flexibility index (Phi) is 5.53. The average molecular weight is 296 g/mol. The molecule has 8 nitrogen and oxygen atoms in total. The van der Waals surface area contributed by atoms with Crippen molar-refractivity contribution in [2.24, 2.45) is 5.73 Å². The maximum absolute atomic E-state index is 12.2. The van der Waals surface area contributed by atoms with Crippen molar-refractivity contribution in [1.82, 2.24) is 5.32 Å². The second-order valence-electron chi connectivity index (χ2n) is 4.07. The first kappa shape index (κ1) is 16.3. The first-order valence-electron chi connectivity index (χ1n) is 5.93. The Balaban J connectivity index is 3.07. The largest absolute Gasteiger partial charge is 0.496 e. The molecular formula is C13H16N2O6. The van der Waals surface area contributed by atoms with E-state index in [0.29, 0.717) is 0 Å². The third kappa shape index (κ3) is 4.10. The Hall–Kier alpha value is -2.77. The molecule has 21 heavy (non-hydrogen) atoms. The number of nitrogens with two attached hydrogens (primary N) is 1. The van der Waals surface area contributed by atoms with Crippen molar-refractivity contribution in [1.29, 1.82) is 0 Å². The van der Waals surface area contributed by atoms with Gasteiger partial charge in [0.15, 0.2) is 0 Å². The van der Waals surface area contributed by atoms with Gasteiger partial charge in [0, 0.05) is 0 Å². The molecule has 4 N–H and O–H groups in total. The monoisotopic (exact) mass is 296 g/mol. The van der Waals surface area contributed by atoms with Crippen LogP contribution in [0.3, 0.4) is 0 Å². The van der Waals surface area contributed by atoms with E-state index in [0.717, 1.165) is 0 Å². The van der Waals surface area contributed by atoms with Crippen LogP contribution in [0.2, 0.25) is 0 Å². The quantitative estimate of drug-likeness (QED) is 0.637. The van der Waals surface area contributed by atoms with E-state index in [4.69, 9.17) is 20.3 Å². The van der Waals surface area contributed by atoms with Crippen molar-refractivity contribution in [2.75, 3.05) is 14.2 Å². The fourth-order valence-corrected chi connectivity index (χ4v) is 1.71. The molecule has 0 spiro atoms. The van der Waals surface area contributed by atoms with E-state index < -0.39 is 30.2 Å². The normalized spacial score (nSPS) is 11.3. The first-order chi connectivity index (χ1) is 9.90. The van der Waals surface area contributed by atoms with E-state index in [1.165, 1.54) is 26.4 Å². The van der Waals surface area contributed by atoms with Crippen LogP contribution in [0.4, 0.5) is 0 Å². The summed E-state index contributed by atoms with van der Waals surface area (Å²) < 4.78 is 10.1. The van der Waals surface area contributed by atoms with Gasteiger partial charge in [0.25, 0.3) is 5.91 Å². The van der Waals surface area contributed by atoms with Crippen LogP contribution in [-0.4, -0.2) is 43.2 Å². The lowest BCUT2D eigenvalue weighted by atomic mass is 10.1. The summed E-state index contributed by atoms with van der Waals surface area (Å²) in [5.74, 6) is -2.51. The lowest BCUT2D eigenvalue weighted by molar-refractivity contribution is -0.140. The van der Waals surface area contributed by atoms with Crippen LogP contribution in [0.25, 0.3) is 0 Å². The van der Waals surface area contributed by atoms with Gasteiger partial charge in [0.2, 0.25) is 5.91 Å². The number of benzene rings is 1. The number of carboxylic acid groups (broad SMARTS) is 1. The number of amides is 2. The van der Waals surface area contributed by atoms with Crippen molar-refractivity contribution in [2.45, 2.75) is 12.5 Å². The molecule has 114 valence electrons. The minimum atomic E-state index is -1.43. The maximum atomic E-state index is 12.2. The van der Waals surface area contributed by atoms with Gasteiger partial charge < -0.3 is 25.6 Å². The van der Waals surface area contributed by atoms with Crippen molar-refractivity contribution >= 4 is 17.8 Å². The van der Waals surface area contributed by atoms with Crippen molar-refractivity contribution in [3.8, 4) is 11.5 Å². The summed E-state index contributed by atoms with van der Waals surface area (Å²) in [4.78, 5) is 34.1. The zero-order valence-corrected chi connectivity index (χ0v) is 11.6. The summed E-state index contributed by atoms with van der Waals surface area (Å²) in [6, 6.07) is 3.25. The van der Waals surface area contributed by atoms with E-state index in [2.05, 4.69) is 5.32 Å². The summed E-state index contributed by atoms with van der Waals surface area (Å²) in [7, 11) is 2.73. The molecular weight excluding hydrogens is 280 g/mol. The molecule has 1 aromatic rings. The first-order valence-corrected chi connectivity index (χ1v) is 5.93. The molecule has 0 saturated carbocycles. The second-order valence-corrected chi connectivity index (χ2v) is 4.07. The Morgan fingerprint density at radius 1 is 1.24 bits per heavy atom. The molecule has 1 aromatic carbocycles. The smallest absolute Gasteiger partial charge is 0.326 e. The molecule has 0 fully saturated rings. The Bertz CT molecular complexity index is 535. The van der Waals surface area contributed by atoms with Gasteiger partial charge >= 0.3 is 5.97 Å². The molecule has 0 aliphatic rings. The number of methoxy groups -OCH3 is 2. The molecule has 0 aliphatic carbocycles. The van der Waals surface area contributed by atoms with Crippen LogP contribution < -0.4 is 20.5 Å². The van der Waals surface area contributed by atoms with Gasteiger partial charge in [-0.1, -0.05) is 6.07 Å². The summed E-state index contributed by atoms with van der Waals surface area (Å²) >= 11 is 0. The fraction of sp³-hybridized carbons (Fsp3) is 0.308. The molecule has 0 aromatic heterocycles. The van der Waals surface area contributed by atoms with E-state index in [9.17, 15) is 14.4 Å². The van der Waals surface area contributed by atoms with Crippen molar-refractivity contribution < 1.29 is 29.0 Å². The summed E-state index contributed by atoms with van der Waals surface area (Å²) in [5, 5.41) is 11.2. The topological polar surface area (TPSA) is 128 Å². The van der Waals surface area contributed by atoms with Crippen molar-refractivity contribution in [3.05, 3.63) is 23.8 Å². The number of nitrogens with one attached hydrogen (secondary N) is 1. The third-order valence-electron chi connectivity index (χ3n) is 2.66. The van der Waals surface area contributed by atoms with Crippen LogP contribution in [0.15, 0.2) is 18.2 Å². The zero-order chi connectivity index (χ0) is 16.0. The van der Waals surface area contributed by atoms with Crippen LogP contribution >= 0.6 is 0 Å². The van der Waals surface area contributed by atoms with Gasteiger partial charge in [-0.2, -0.15) is 0 Å². The second kappa shape index (κ2) is 7.13. The number of rotatable bonds is 7. The maximum Gasteiger partial charge on any atom is 0.326 e. The molecule has 0 radical (unpaired) electrons. The lowest BCUT2D eigenvalue weighted by Crippen LogP contribution is -2.43. The molecule has 1 rings (SSSR count). The fourth-order valence-electron chi connectivity index (χ4n) is 1.71. The zero-order valence-electron chi connectivity index (χ0n) is 11.6. The van der Waals surface area contributed by atoms with Crippen molar-refractivity contribution in [3.63, 3.8) is 0 Å². The number of carbonyl (C=O) groups is 3. The number of ether oxygens (including phenoxy) is 2. The van der Waals surface area contributed by atoms with Crippen LogP contribution in [0.5, 0.6) is 11.5 Å². The molecule has 0 heterocycles. The molecule has 0 saturated heterocycles. The molecule has 1 atom stereocenters. The highest BCUT2D eigenvalue weighted by molar-refractivity contribution is 6.02. The molecule has 8 heteroatoms. The minimum Gasteiger partial charge on any atom is -0.496 e. The van der Waals surface area contributed by atoms with Gasteiger partial charge in [0.1, 0.15) is 23.1 Å². The lowest BCUT2D eigenvalue weighted by Gasteiger charge is -2.16. The molecule has 0 aliphatic heterocycles. The van der Waals surface area contributed by atoms with Gasteiger partial charge in [0.05, 0.1) is 20.6 Å². The van der Waals surface area contributed by atoms with E-state index in [1.807, 2.05) is 0 Å². The predicted octanol–water partition coefficient (Wildman–Crippen LogP) is -0.238. The number of primary amides is 1. The Morgan fingerprint density at radius 3 is 2.14 bits per heavy atom. The number of hydrogen-bond donors (Lipinski definition) is 3. The van der Waals surface area contributed by atoms with Crippen LogP contribution in [0.1, 0.15) is 16.8 Å². The van der Waals surface area contributed by atoms with Crippen LogP contribution in [-0.2, 0) is 9.59 Å². The van der Waals surface area contributed by atoms with Gasteiger partial charge in [-0.15, -0.1) is 0 Å². The predicted molar refractivity (Wildman–Crippen MR) is 72.2 cm³/mol.